The zero-order chi connectivity index (χ0) is 24.0. The molecule has 3 saturated carbocycles. The minimum Gasteiger partial charge on any atom is -0.411 e. The van der Waals surface area contributed by atoms with Crippen LogP contribution in [0.5, 0.6) is 0 Å². The minimum atomic E-state index is 0.0230. The number of hydrogen-bond donors (Lipinski definition) is 2. The van der Waals surface area contributed by atoms with Crippen molar-refractivity contribution >= 4 is 11.4 Å². The van der Waals surface area contributed by atoms with Crippen LogP contribution in [0.2, 0.25) is 0 Å². The van der Waals surface area contributed by atoms with Crippen molar-refractivity contribution in [2.75, 3.05) is 0 Å². The Morgan fingerprint density at radius 3 is 2.42 bits per heavy atom. The summed E-state index contributed by atoms with van der Waals surface area (Å²) >= 11 is 0. The summed E-state index contributed by atoms with van der Waals surface area (Å²) in [5.41, 5.74) is 3.07. The highest BCUT2D eigenvalue weighted by Gasteiger charge is 2.60. The average molecular weight is 455 g/mol. The Kier molecular flexibility index (Phi) is 6.86. The third-order valence-electron chi connectivity index (χ3n) is 10.8. The maximum absolute atomic E-state index is 9.96. The van der Waals surface area contributed by atoms with Crippen molar-refractivity contribution in [2.45, 2.75) is 92.9 Å². The molecule has 0 aromatic heterocycles. The number of fused-ring (bicyclic) bond motifs is 5. The van der Waals surface area contributed by atoms with Gasteiger partial charge in [0, 0.05) is 0 Å². The fourth-order valence-corrected chi connectivity index (χ4v) is 8.78. The molecule has 33 heavy (non-hydrogen) atoms. The van der Waals surface area contributed by atoms with Crippen LogP contribution in [0.4, 0.5) is 0 Å². The van der Waals surface area contributed by atoms with Gasteiger partial charge in [-0.3, -0.25) is 0 Å². The van der Waals surface area contributed by atoms with E-state index >= 15 is 0 Å². The molecule has 0 aliphatic heterocycles. The predicted molar refractivity (Wildman–Crippen MR) is 136 cm³/mol. The zero-order valence-electron chi connectivity index (χ0n) is 21.7. The van der Waals surface area contributed by atoms with Crippen LogP contribution in [0.3, 0.4) is 0 Å². The predicted octanol–water partition coefficient (Wildman–Crippen LogP) is 7.71. The smallest absolute Gasteiger partial charge is 0.0836 e. The van der Waals surface area contributed by atoms with E-state index in [-0.39, 0.29) is 5.41 Å². The van der Waals surface area contributed by atoms with E-state index in [0.29, 0.717) is 40.9 Å². The summed E-state index contributed by atoms with van der Waals surface area (Å²) in [5, 5.41) is 26.6. The van der Waals surface area contributed by atoms with Crippen molar-refractivity contribution in [1.82, 2.24) is 0 Å². The molecule has 0 amide bonds. The standard InChI is InChI=1S/C29H46N2O2/c1-7-20(18(2)3)9-8-19(4)23-10-11-24-22-17-27(31-33)26-16-21(30-32)12-14-29(26,6)25(22)13-15-28(23,24)5/h8-9,16,18-20,22-25,32-33H,7,10-15,17H2,1-6H3/b9-8+,30-21+,31-27+/t19-,20?,22?,23?,24?,25?,28?,29?/m1/s1. The molecule has 4 aliphatic carbocycles. The topological polar surface area (TPSA) is 65.2 Å². The third-order valence-corrected chi connectivity index (χ3v) is 10.8. The maximum atomic E-state index is 9.96. The van der Waals surface area contributed by atoms with E-state index in [1.807, 2.05) is 6.08 Å². The Balaban J connectivity index is 1.59. The Bertz CT molecular complexity index is 856. The molecule has 4 nitrogen and oxygen atoms in total. The molecule has 0 bridgehead atoms. The lowest BCUT2D eigenvalue weighted by Gasteiger charge is -2.58. The summed E-state index contributed by atoms with van der Waals surface area (Å²) in [7, 11) is 0. The van der Waals surface area contributed by atoms with Crippen molar-refractivity contribution in [3.05, 3.63) is 23.8 Å². The Morgan fingerprint density at radius 2 is 1.79 bits per heavy atom. The van der Waals surface area contributed by atoms with E-state index in [9.17, 15) is 10.4 Å². The van der Waals surface area contributed by atoms with Gasteiger partial charge in [-0.1, -0.05) is 64.0 Å². The van der Waals surface area contributed by atoms with E-state index in [1.54, 1.807) is 0 Å². The fraction of sp³-hybridized carbons (Fsp3) is 0.793. The van der Waals surface area contributed by atoms with Crippen LogP contribution in [-0.2, 0) is 0 Å². The molecular weight excluding hydrogens is 408 g/mol. The monoisotopic (exact) mass is 454 g/mol. The quantitative estimate of drug-likeness (QED) is 0.254. The van der Waals surface area contributed by atoms with Gasteiger partial charge in [0.25, 0.3) is 0 Å². The SMILES string of the molecule is CCC(/C=C/[C@@H](C)C1CCC2C3C/C(=N\O)C4=C/C(=N/O)CCC4(C)C3CCC21C)C(C)C. The van der Waals surface area contributed by atoms with Crippen molar-refractivity contribution < 1.29 is 10.4 Å². The summed E-state index contributed by atoms with van der Waals surface area (Å²) < 4.78 is 0. The third kappa shape index (κ3) is 4.00. The molecule has 4 rings (SSSR count). The Labute approximate surface area is 201 Å². The molecule has 8 atom stereocenters. The fourth-order valence-electron chi connectivity index (χ4n) is 8.78. The Hall–Kier alpha value is -1.58. The molecule has 0 aromatic carbocycles. The second kappa shape index (κ2) is 9.23. The van der Waals surface area contributed by atoms with Crippen LogP contribution in [0.15, 0.2) is 34.1 Å². The van der Waals surface area contributed by atoms with Gasteiger partial charge in [-0.2, -0.15) is 0 Å². The minimum absolute atomic E-state index is 0.0230. The van der Waals surface area contributed by atoms with Crippen molar-refractivity contribution in [2.24, 2.45) is 62.6 Å². The van der Waals surface area contributed by atoms with E-state index in [1.165, 1.54) is 32.1 Å². The lowest BCUT2D eigenvalue weighted by Crippen LogP contribution is -2.53. The van der Waals surface area contributed by atoms with Gasteiger partial charge in [0.05, 0.1) is 11.4 Å². The van der Waals surface area contributed by atoms with Gasteiger partial charge in [0.1, 0.15) is 0 Å². The number of allylic oxidation sites excluding steroid dienone is 4. The highest BCUT2D eigenvalue weighted by Crippen LogP contribution is 2.67. The number of rotatable bonds is 5. The molecular formula is C29H46N2O2. The second-order valence-electron chi connectivity index (χ2n) is 12.5. The van der Waals surface area contributed by atoms with Crippen LogP contribution in [0.25, 0.3) is 0 Å². The molecule has 0 aromatic rings. The molecule has 4 aliphatic rings. The summed E-state index contributed by atoms with van der Waals surface area (Å²) in [6.07, 6.45) is 16.1. The van der Waals surface area contributed by atoms with E-state index in [4.69, 9.17) is 0 Å². The van der Waals surface area contributed by atoms with E-state index in [2.05, 4.69) is 64.0 Å². The molecule has 3 fully saturated rings. The van der Waals surface area contributed by atoms with E-state index in [0.717, 1.165) is 42.2 Å². The molecule has 0 heterocycles. The van der Waals surface area contributed by atoms with Gasteiger partial charge in [-0.15, -0.1) is 0 Å². The summed E-state index contributed by atoms with van der Waals surface area (Å²) in [5.74, 6) is 4.65. The van der Waals surface area contributed by atoms with Gasteiger partial charge in [-0.25, -0.2) is 0 Å². The lowest BCUT2D eigenvalue weighted by atomic mass is 9.46. The molecule has 2 N–H and O–H groups in total. The van der Waals surface area contributed by atoms with E-state index < -0.39 is 0 Å². The van der Waals surface area contributed by atoms with Gasteiger partial charge in [-0.05, 0) is 115 Å². The first kappa shape index (κ1) is 24.5. The maximum Gasteiger partial charge on any atom is 0.0836 e. The van der Waals surface area contributed by atoms with Crippen LogP contribution in [0.1, 0.15) is 92.9 Å². The zero-order valence-corrected chi connectivity index (χ0v) is 21.7. The van der Waals surface area contributed by atoms with Crippen molar-refractivity contribution in [1.29, 1.82) is 0 Å². The average Bonchev–Trinajstić information content (AvgIpc) is 3.15. The van der Waals surface area contributed by atoms with Gasteiger partial charge < -0.3 is 10.4 Å². The van der Waals surface area contributed by atoms with Gasteiger partial charge >= 0.3 is 0 Å². The molecule has 7 unspecified atom stereocenters. The highest BCUT2D eigenvalue weighted by atomic mass is 16.4. The number of nitrogens with zero attached hydrogens (tertiary/aromatic N) is 2. The number of hydrogen-bond acceptors (Lipinski definition) is 4. The number of oxime groups is 2. The van der Waals surface area contributed by atoms with Crippen LogP contribution in [0, 0.1) is 52.3 Å². The molecule has 0 radical (unpaired) electrons. The lowest BCUT2D eigenvalue weighted by molar-refractivity contribution is -0.0384. The van der Waals surface area contributed by atoms with Gasteiger partial charge in [0.15, 0.2) is 0 Å². The summed E-state index contributed by atoms with van der Waals surface area (Å²) in [4.78, 5) is 0. The van der Waals surface area contributed by atoms with Crippen LogP contribution >= 0.6 is 0 Å². The van der Waals surface area contributed by atoms with Crippen molar-refractivity contribution in [3.63, 3.8) is 0 Å². The molecule has 0 saturated heterocycles. The Morgan fingerprint density at radius 1 is 1.03 bits per heavy atom. The first-order valence-corrected chi connectivity index (χ1v) is 13.5. The van der Waals surface area contributed by atoms with Crippen LogP contribution < -0.4 is 0 Å². The first-order valence-electron chi connectivity index (χ1n) is 13.5. The van der Waals surface area contributed by atoms with Crippen molar-refractivity contribution in [3.8, 4) is 0 Å². The first-order chi connectivity index (χ1) is 15.7. The van der Waals surface area contributed by atoms with Gasteiger partial charge in [0.2, 0.25) is 0 Å². The molecule has 4 heteroatoms. The highest BCUT2D eigenvalue weighted by molar-refractivity contribution is 6.09. The normalized spacial score (nSPS) is 42.8. The second-order valence-corrected chi connectivity index (χ2v) is 12.5. The summed E-state index contributed by atoms with van der Waals surface area (Å²) in [6, 6.07) is 0. The molecule has 184 valence electrons. The molecule has 0 spiro atoms. The summed E-state index contributed by atoms with van der Waals surface area (Å²) in [6.45, 7) is 14.4. The van der Waals surface area contributed by atoms with Crippen LogP contribution in [-0.4, -0.2) is 21.8 Å². The largest absolute Gasteiger partial charge is 0.411 e.